The van der Waals surface area contributed by atoms with Crippen molar-refractivity contribution in [2.45, 2.75) is 136 Å². The Bertz CT molecular complexity index is 776. The summed E-state index contributed by atoms with van der Waals surface area (Å²) in [5, 5.41) is 0. The van der Waals surface area contributed by atoms with E-state index < -0.39 is 11.9 Å². The van der Waals surface area contributed by atoms with Gasteiger partial charge in [-0.2, -0.15) is 0 Å². The Morgan fingerprint density at radius 2 is 0.976 bits per heavy atom. The standard InChI is InChI=1S/C19H36O2.C16H22O4/c1-3-4-5-6-7-8-9-10-11-12-13-14-15-16-17-18-19(20)21-2;1-3-5-11-19-15(17)13-9-7-8-10-14(13)16(18)20-12-6-4-2/h17-18H,3-16H2,1-2H3;7-10H,3-6,11-12H2,1-2H3. The zero-order chi connectivity index (χ0) is 30.4. The summed E-state index contributed by atoms with van der Waals surface area (Å²) in [5.74, 6) is -1.19. The SMILES string of the molecule is CCCCCCCCCCCCCCCC=CC(=O)OC.CCCCOC(=O)c1ccccc1C(=O)OCCCC. The van der Waals surface area contributed by atoms with Gasteiger partial charge in [0, 0.05) is 6.08 Å². The molecule has 6 heteroatoms. The van der Waals surface area contributed by atoms with Crippen molar-refractivity contribution in [3.05, 3.63) is 47.5 Å². The fraction of sp³-hybridized carbons (Fsp3) is 0.686. The molecule has 0 unspecified atom stereocenters. The summed E-state index contributed by atoms with van der Waals surface area (Å²) in [6, 6.07) is 6.59. The first-order valence-electron chi connectivity index (χ1n) is 16.2. The maximum atomic E-state index is 11.9. The molecule has 6 nitrogen and oxygen atoms in total. The van der Waals surface area contributed by atoms with Gasteiger partial charge < -0.3 is 14.2 Å². The second-order valence-corrected chi connectivity index (χ2v) is 10.5. The summed E-state index contributed by atoms with van der Waals surface area (Å²) >= 11 is 0. The van der Waals surface area contributed by atoms with Gasteiger partial charge in [-0.15, -0.1) is 0 Å². The molecule has 0 spiro atoms. The minimum atomic E-state index is -0.471. The predicted molar refractivity (Wildman–Crippen MR) is 168 cm³/mol. The minimum absolute atomic E-state index is 0.246. The molecule has 0 fully saturated rings. The lowest BCUT2D eigenvalue weighted by Gasteiger charge is -2.09. The van der Waals surface area contributed by atoms with Crippen LogP contribution < -0.4 is 0 Å². The van der Waals surface area contributed by atoms with Gasteiger partial charge in [0.2, 0.25) is 0 Å². The van der Waals surface area contributed by atoms with Crippen LogP contribution in [0.15, 0.2) is 36.4 Å². The fourth-order valence-corrected chi connectivity index (χ4v) is 4.14. The Balaban J connectivity index is 0.000000781. The average molecular weight is 575 g/mol. The van der Waals surface area contributed by atoms with Crippen molar-refractivity contribution >= 4 is 17.9 Å². The third-order valence-corrected chi connectivity index (χ3v) is 6.76. The first kappa shape index (κ1) is 38.4. The van der Waals surface area contributed by atoms with Gasteiger partial charge in [-0.05, 0) is 37.8 Å². The zero-order valence-corrected chi connectivity index (χ0v) is 26.6. The molecule has 0 radical (unpaired) electrons. The number of ether oxygens (including phenoxy) is 3. The van der Waals surface area contributed by atoms with Crippen LogP contribution in [0.25, 0.3) is 0 Å². The van der Waals surface area contributed by atoms with Crippen LogP contribution in [0.3, 0.4) is 0 Å². The van der Waals surface area contributed by atoms with Crippen molar-refractivity contribution in [2.75, 3.05) is 20.3 Å². The van der Waals surface area contributed by atoms with Crippen LogP contribution >= 0.6 is 0 Å². The third kappa shape index (κ3) is 22.7. The molecule has 0 aromatic heterocycles. The lowest BCUT2D eigenvalue weighted by molar-refractivity contribution is -0.134. The Labute approximate surface area is 250 Å². The summed E-state index contributed by atoms with van der Waals surface area (Å²) in [6.45, 7) is 7.05. The van der Waals surface area contributed by atoms with E-state index in [4.69, 9.17) is 9.47 Å². The molecule has 0 bridgehead atoms. The van der Waals surface area contributed by atoms with Gasteiger partial charge in [0.1, 0.15) is 0 Å². The summed E-state index contributed by atoms with van der Waals surface area (Å²) in [5.41, 5.74) is 0.537. The first-order chi connectivity index (χ1) is 20.0. The number of rotatable bonds is 23. The van der Waals surface area contributed by atoms with Crippen molar-refractivity contribution < 1.29 is 28.6 Å². The second kappa shape index (κ2) is 28.9. The monoisotopic (exact) mass is 574 g/mol. The molecule has 0 heterocycles. The van der Waals surface area contributed by atoms with Gasteiger partial charge in [-0.3, -0.25) is 0 Å². The lowest BCUT2D eigenvalue weighted by Crippen LogP contribution is -2.14. The van der Waals surface area contributed by atoms with E-state index >= 15 is 0 Å². The molecule has 0 saturated heterocycles. The summed E-state index contributed by atoms with van der Waals surface area (Å²) in [7, 11) is 1.41. The molecule has 1 rings (SSSR count). The molecule has 0 amide bonds. The van der Waals surface area contributed by atoms with Crippen LogP contribution in [0.1, 0.15) is 157 Å². The Kier molecular flexibility index (Phi) is 27.0. The number of hydrogen-bond donors (Lipinski definition) is 0. The van der Waals surface area contributed by atoms with E-state index in [1.807, 2.05) is 19.9 Å². The maximum Gasteiger partial charge on any atom is 0.339 e. The van der Waals surface area contributed by atoms with Gasteiger partial charge in [0.25, 0.3) is 0 Å². The normalized spacial score (nSPS) is 10.6. The number of carbonyl (C=O) groups excluding carboxylic acids is 3. The Morgan fingerprint density at radius 3 is 1.37 bits per heavy atom. The van der Waals surface area contributed by atoms with E-state index in [0.29, 0.717) is 13.2 Å². The number of carbonyl (C=O) groups is 3. The van der Waals surface area contributed by atoms with Crippen LogP contribution in [0.5, 0.6) is 0 Å². The Morgan fingerprint density at radius 1 is 0.585 bits per heavy atom. The Hall–Kier alpha value is -2.63. The molecular formula is C35H58O6. The highest BCUT2D eigenvalue weighted by molar-refractivity contribution is 6.03. The molecule has 0 atom stereocenters. The van der Waals surface area contributed by atoms with Crippen molar-refractivity contribution in [2.24, 2.45) is 0 Å². The van der Waals surface area contributed by atoms with Gasteiger partial charge in [-0.1, -0.05) is 129 Å². The number of allylic oxidation sites excluding steroid dienone is 1. The highest BCUT2D eigenvalue weighted by Crippen LogP contribution is 2.14. The second-order valence-electron chi connectivity index (χ2n) is 10.5. The molecule has 1 aromatic carbocycles. The number of methoxy groups -OCH3 is 1. The summed E-state index contributed by atoms with van der Waals surface area (Å²) in [6.07, 6.45) is 25.9. The summed E-state index contributed by atoms with van der Waals surface area (Å²) < 4.78 is 14.8. The zero-order valence-electron chi connectivity index (χ0n) is 26.6. The molecule has 1 aromatic rings. The number of esters is 3. The molecular weight excluding hydrogens is 516 g/mol. The van der Waals surface area contributed by atoms with Crippen molar-refractivity contribution in [3.63, 3.8) is 0 Å². The molecule has 0 aliphatic heterocycles. The number of benzene rings is 1. The molecule has 0 aliphatic carbocycles. The fourth-order valence-electron chi connectivity index (χ4n) is 4.14. The van der Waals surface area contributed by atoms with Crippen LogP contribution in [-0.4, -0.2) is 38.2 Å². The minimum Gasteiger partial charge on any atom is -0.466 e. The topological polar surface area (TPSA) is 78.9 Å². The smallest absolute Gasteiger partial charge is 0.339 e. The highest BCUT2D eigenvalue weighted by Gasteiger charge is 2.18. The van der Waals surface area contributed by atoms with E-state index in [1.165, 1.54) is 96.7 Å². The van der Waals surface area contributed by atoms with E-state index in [-0.39, 0.29) is 17.1 Å². The van der Waals surface area contributed by atoms with Crippen LogP contribution in [0.2, 0.25) is 0 Å². The molecule has 0 saturated carbocycles. The van der Waals surface area contributed by atoms with Gasteiger partial charge >= 0.3 is 17.9 Å². The molecule has 0 aliphatic rings. The summed E-state index contributed by atoms with van der Waals surface area (Å²) in [4.78, 5) is 34.7. The van der Waals surface area contributed by atoms with E-state index in [1.54, 1.807) is 24.3 Å². The molecule has 234 valence electrons. The van der Waals surface area contributed by atoms with Crippen LogP contribution in [-0.2, 0) is 19.0 Å². The van der Waals surface area contributed by atoms with E-state index in [9.17, 15) is 14.4 Å². The average Bonchev–Trinajstić information content (AvgIpc) is 2.99. The van der Waals surface area contributed by atoms with Crippen molar-refractivity contribution in [1.29, 1.82) is 0 Å². The van der Waals surface area contributed by atoms with Crippen molar-refractivity contribution in [1.82, 2.24) is 0 Å². The first-order valence-corrected chi connectivity index (χ1v) is 16.2. The molecule has 41 heavy (non-hydrogen) atoms. The van der Waals surface area contributed by atoms with Gasteiger partial charge in [0.15, 0.2) is 0 Å². The van der Waals surface area contributed by atoms with Crippen LogP contribution in [0.4, 0.5) is 0 Å². The van der Waals surface area contributed by atoms with E-state index in [0.717, 1.165) is 32.1 Å². The number of hydrogen-bond acceptors (Lipinski definition) is 6. The quantitative estimate of drug-likeness (QED) is 0.0560. The van der Waals surface area contributed by atoms with Gasteiger partial charge in [0.05, 0.1) is 31.5 Å². The van der Waals surface area contributed by atoms with E-state index in [2.05, 4.69) is 11.7 Å². The maximum absolute atomic E-state index is 11.9. The third-order valence-electron chi connectivity index (χ3n) is 6.76. The number of unbranched alkanes of at least 4 members (excludes halogenated alkanes) is 15. The highest BCUT2D eigenvalue weighted by atomic mass is 16.5. The lowest BCUT2D eigenvalue weighted by atomic mass is 10.0. The van der Waals surface area contributed by atoms with Gasteiger partial charge in [-0.25, -0.2) is 14.4 Å². The predicted octanol–water partition coefficient (Wildman–Crippen LogP) is 9.80. The van der Waals surface area contributed by atoms with Crippen LogP contribution in [0, 0.1) is 0 Å². The molecule has 0 N–H and O–H groups in total. The van der Waals surface area contributed by atoms with Crippen molar-refractivity contribution in [3.8, 4) is 0 Å². The largest absolute Gasteiger partial charge is 0.466 e.